The molecule has 6 heteroatoms. The van der Waals surface area contributed by atoms with Gasteiger partial charge in [0.25, 0.3) is 0 Å². The lowest BCUT2D eigenvalue weighted by Gasteiger charge is -2.12. The Hall–Kier alpha value is -1.01. The van der Waals surface area contributed by atoms with Crippen molar-refractivity contribution >= 4 is 22.4 Å². The number of rotatable bonds is 6. The van der Waals surface area contributed by atoms with Crippen LogP contribution in [0.2, 0.25) is 0 Å². The summed E-state index contributed by atoms with van der Waals surface area (Å²) in [6, 6.07) is -0.478. The lowest BCUT2D eigenvalue weighted by atomic mass is 10.0. The molecule has 1 amide bonds. The Kier molecular flexibility index (Phi) is 5.50. The summed E-state index contributed by atoms with van der Waals surface area (Å²) < 4.78 is 0. The van der Waals surface area contributed by atoms with Gasteiger partial charge in [-0.25, -0.2) is 0 Å². The van der Waals surface area contributed by atoms with Crippen molar-refractivity contribution in [3.05, 3.63) is 5.01 Å². The van der Waals surface area contributed by atoms with E-state index in [0.29, 0.717) is 17.5 Å². The van der Waals surface area contributed by atoms with Gasteiger partial charge in [-0.2, -0.15) is 0 Å². The number of carbonyl (C=O) groups excluding carboxylic acids is 1. The smallest absolute Gasteiger partial charge is 0.243 e. The van der Waals surface area contributed by atoms with Crippen molar-refractivity contribution in [1.29, 1.82) is 0 Å². The van der Waals surface area contributed by atoms with E-state index in [1.807, 2.05) is 13.8 Å². The molecule has 0 aliphatic rings. The molecule has 1 heterocycles. The van der Waals surface area contributed by atoms with Crippen molar-refractivity contribution in [2.75, 3.05) is 5.32 Å². The maximum atomic E-state index is 11.7. The molecule has 1 rings (SSSR count). The van der Waals surface area contributed by atoms with Gasteiger partial charge in [0.1, 0.15) is 5.01 Å². The standard InChI is InChI=1S/C11H20N4OS/c1-4-5-9-14-15-11(17-9)13-10(16)8(12)6-7(2)3/h7-8H,4-6,12H2,1-3H3,(H,13,15,16)/t8-/m0/s1. The summed E-state index contributed by atoms with van der Waals surface area (Å²) in [5, 5.41) is 12.1. The van der Waals surface area contributed by atoms with Crippen LogP contribution in [0.25, 0.3) is 0 Å². The summed E-state index contributed by atoms with van der Waals surface area (Å²) >= 11 is 1.41. The molecule has 0 unspecified atom stereocenters. The van der Waals surface area contributed by atoms with E-state index < -0.39 is 6.04 Å². The van der Waals surface area contributed by atoms with Crippen LogP contribution in [0.4, 0.5) is 5.13 Å². The van der Waals surface area contributed by atoms with Gasteiger partial charge >= 0.3 is 0 Å². The molecule has 1 atom stereocenters. The van der Waals surface area contributed by atoms with Gasteiger partial charge in [-0.15, -0.1) is 10.2 Å². The number of hydrogen-bond acceptors (Lipinski definition) is 5. The number of carbonyl (C=O) groups is 1. The van der Waals surface area contributed by atoms with Crippen molar-refractivity contribution in [1.82, 2.24) is 10.2 Å². The first-order chi connectivity index (χ1) is 8.02. The molecule has 0 saturated carbocycles. The average molecular weight is 256 g/mol. The topological polar surface area (TPSA) is 80.9 Å². The van der Waals surface area contributed by atoms with Crippen molar-refractivity contribution in [2.24, 2.45) is 11.7 Å². The van der Waals surface area contributed by atoms with Crippen LogP contribution in [-0.2, 0) is 11.2 Å². The Balaban J connectivity index is 2.49. The highest BCUT2D eigenvalue weighted by atomic mass is 32.1. The van der Waals surface area contributed by atoms with E-state index in [1.54, 1.807) is 0 Å². The Morgan fingerprint density at radius 1 is 1.47 bits per heavy atom. The van der Waals surface area contributed by atoms with Crippen LogP contribution in [0, 0.1) is 5.92 Å². The van der Waals surface area contributed by atoms with Gasteiger partial charge in [0.15, 0.2) is 0 Å². The van der Waals surface area contributed by atoms with Crippen molar-refractivity contribution in [3.63, 3.8) is 0 Å². The number of amides is 1. The average Bonchev–Trinajstić information content (AvgIpc) is 2.65. The molecule has 0 radical (unpaired) electrons. The van der Waals surface area contributed by atoms with Crippen LogP contribution in [0.15, 0.2) is 0 Å². The highest BCUT2D eigenvalue weighted by molar-refractivity contribution is 7.15. The maximum absolute atomic E-state index is 11.7. The van der Waals surface area contributed by atoms with E-state index in [0.717, 1.165) is 17.8 Å². The summed E-state index contributed by atoms with van der Waals surface area (Å²) in [6.07, 6.45) is 2.59. The predicted octanol–water partition coefficient (Wildman–Crippen LogP) is 1.80. The molecule has 17 heavy (non-hydrogen) atoms. The number of nitrogens with two attached hydrogens (primary N) is 1. The molecule has 0 bridgehead atoms. The van der Waals surface area contributed by atoms with E-state index in [4.69, 9.17) is 5.73 Å². The normalized spacial score (nSPS) is 12.8. The van der Waals surface area contributed by atoms with Gasteiger partial charge in [0, 0.05) is 6.42 Å². The molecule has 96 valence electrons. The molecule has 0 aliphatic heterocycles. The van der Waals surface area contributed by atoms with Crippen LogP contribution < -0.4 is 11.1 Å². The second-order valence-electron chi connectivity index (χ2n) is 4.48. The fraction of sp³-hybridized carbons (Fsp3) is 0.727. The third-order valence-corrected chi connectivity index (χ3v) is 3.12. The second kappa shape index (κ2) is 6.66. The largest absolute Gasteiger partial charge is 0.320 e. The molecule has 1 aromatic rings. The van der Waals surface area contributed by atoms with E-state index in [9.17, 15) is 4.79 Å². The quantitative estimate of drug-likeness (QED) is 0.813. The highest BCUT2D eigenvalue weighted by Gasteiger charge is 2.16. The number of aryl methyl sites for hydroxylation is 1. The van der Waals surface area contributed by atoms with Gasteiger partial charge in [-0.05, 0) is 18.8 Å². The van der Waals surface area contributed by atoms with Crippen LogP contribution >= 0.6 is 11.3 Å². The molecule has 0 saturated heterocycles. The minimum absolute atomic E-state index is 0.183. The monoisotopic (exact) mass is 256 g/mol. The first-order valence-electron chi connectivity index (χ1n) is 5.91. The number of anilines is 1. The summed E-state index contributed by atoms with van der Waals surface area (Å²) in [7, 11) is 0. The fourth-order valence-electron chi connectivity index (χ4n) is 1.43. The number of hydrogen-bond donors (Lipinski definition) is 2. The Bertz CT molecular complexity index is 364. The van der Waals surface area contributed by atoms with Crippen LogP contribution in [0.3, 0.4) is 0 Å². The molecule has 1 aromatic heterocycles. The Morgan fingerprint density at radius 2 is 2.18 bits per heavy atom. The lowest BCUT2D eigenvalue weighted by Crippen LogP contribution is -2.36. The van der Waals surface area contributed by atoms with Gasteiger partial charge in [0.05, 0.1) is 6.04 Å². The van der Waals surface area contributed by atoms with Crippen molar-refractivity contribution < 1.29 is 4.79 Å². The predicted molar refractivity (Wildman–Crippen MR) is 70.0 cm³/mol. The van der Waals surface area contributed by atoms with Crippen molar-refractivity contribution in [3.8, 4) is 0 Å². The van der Waals surface area contributed by atoms with Gasteiger partial charge < -0.3 is 5.73 Å². The number of nitrogens with zero attached hydrogens (tertiary/aromatic N) is 2. The van der Waals surface area contributed by atoms with E-state index in [-0.39, 0.29) is 5.91 Å². The van der Waals surface area contributed by atoms with Gasteiger partial charge in [-0.3, -0.25) is 10.1 Å². The first-order valence-corrected chi connectivity index (χ1v) is 6.73. The summed E-state index contributed by atoms with van der Waals surface area (Å²) in [6.45, 7) is 6.16. The van der Waals surface area contributed by atoms with Gasteiger partial charge in [0.2, 0.25) is 11.0 Å². The number of nitrogens with one attached hydrogen (secondary N) is 1. The van der Waals surface area contributed by atoms with E-state index >= 15 is 0 Å². The molecular weight excluding hydrogens is 236 g/mol. The summed E-state index contributed by atoms with van der Waals surface area (Å²) in [5.41, 5.74) is 5.78. The second-order valence-corrected chi connectivity index (χ2v) is 5.54. The lowest BCUT2D eigenvalue weighted by molar-refractivity contribution is -0.117. The maximum Gasteiger partial charge on any atom is 0.243 e. The van der Waals surface area contributed by atoms with Crippen LogP contribution in [0.5, 0.6) is 0 Å². The zero-order valence-electron chi connectivity index (χ0n) is 10.6. The van der Waals surface area contributed by atoms with E-state index in [1.165, 1.54) is 11.3 Å². The molecule has 3 N–H and O–H groups in total. The first kappa shape index (κ1) is 14.1. The van der Waals surface area contributed by atoms with E-state index in [2.05, 4.69) is 22.4 Å². The number of aromatic nitrogens is 2. The SMILES string of the molecule is CCCc1nnc(NC(=O)[C@@H](N)CC(C)C)s1. The molecule has 0 spiro atoms. The summed E-state index contributed by atoms with van der Waals surface area (Å²) in [4.78, 5) is 11.7. The molecule has 0 fully saturated rings. The van der Waals surface area contributed by atoms with Crippen LogP contribution in [-0.4, -0.2) is 22.1 Å². The van der Waals surface area contributed by atoms with Crippen molar-refractivity contribution in [2.45, 2.75) is 46.1 Å². The Labute approximate surface area is 106 Å². The minimum Gasteiger partial charge on any atom is -0.320 e. The highest BCUT2D eigenvalue weighted by Crippen LogP contribution is 2.17. The molecule has 5 nitrogen and oxygen atoms in total. The fourth-order valence-corrected chi connectivity index (χ4v) is 2.28. The third kappa shape index (κ3) is 4.79. The third-order valence-electron chi connectivity index (χ3n) is 2.22. The minimum atomic E-state index is -0.478. The zero-order chi connectivity index (χ0) is 12.8. The Morgan fingerprint density at radius 3 is 2.76 bits per heavy atom. The molecule has 0 aliphatic carbocycles. The molecule has 0 aromatic carbocycles. The molecular formula is C11H20N4OS. The summed E-state index contributed by atoms with van der Waals surface area (Å²) in [5.74, 6) is 0.221. The zero-order valence-corrected chi connectivity index (χ0v) is 11.4. The van der Waals surface area contributed by atoms with Gasteiger partial charge in [-0.1, -0.05) is 32.1 Å². The van der Waals surface area contributed by atoms with Crippen LogP contribution in [0.1, 0.15) is 38.6 Å².